The summed E-state index contributed by atoms with van der Waals surface area (Å²) >= 11 is 0. The molecule has 1 nitrogen and oxygen atoms in total. The Morgan fingerprint density at radius 3 is 2.19 bits per heavy atom. The van der Waals surface area contributed by atoms with Gasteiger partial charge < -0.3 is 5.32 Å². The van der Waals surface area contributed by atoms with Gasteiger partial charge in [-0.2, -0.15) is 0 Å². The number of benzene rings is 2. The number of hydrogen-bond donors (Lipinski definition) is 1. The molecule has 2 aromatic rings. The molecule has 2 unspecified atom stereocenters. The molecule has 0 aliphatic heterocycles. The highest BCUT2D eigenvalue weighted by Crippen LogP contribution is 2.26. The molecule has 2 heteroatoms. The molecule has 0 bridgehead atoms. The molecule has 0 aromatic heterocycles. The monoisotopic (exact) mass is 285 g/mol. The zero-order valence-corrected chi connectivity index (χ0v) is 13.1. The Hall–Kier alpha value is -1.83. The quantitative estimate of drug-likeness (QED) is 0.696. The van der Waals surface area contributed by atoms with Gasteiger partial charge in [0.25, 0.3) is 0 Å². The van der Waals surface area contributed by atoms with Crippen molar-refractivity contribution < 1.29 is 4.39 Å². The van der Waals surface area contributed by atoms with Crippen molar-refractivity contribution in [2.24, 2.45) is 0 Å². The fourth-order valence-corrected chi connectivity index (χ4v) is 2.50. The SMILES string of the molecule is CCC(C)c1ccc(NC(CC)c2ccccc2F)cc1. The summed E-state index contributed by atoms with van der Waals surface area (Å²) in [5, 5.41) is 3.43. The predicted octanol–water partition coefficient (Wildman–Crippen LogP) is 5.90. The van der Waals surface area contributed by atoms with Gasteiger partial charge in [0.15, 0.2) is 0 Å². The molecule has 2 aromatic carbocycles. The van der Waals surface area contributed by atoms with Crippen LogP contribution in [0, 0.1) is 5.82 Å². The van der Waals surface area contributed by atoms with Crippen LogP contribution < -0.4 is 5.32 Å². The van der Waals surface area contributed by atoms with E-state index in [-0.39, 0.29) is 11.9 Å². The summed E-state index contributed by atoms with van der Waals surface area (Å²) in [7, 11) is 0. The van der Waals surface area contributed by atoms with Crippen molar-refractivity contribution in [3.05, 3.63) is 65.5 Å². The first-order chi connectivity index (χ1) is 10.2. The molecule has 0 fully saturated rings. The third kappa shape index (κ3) is 3.84. The van der Waals surface area contributed by atoms with Crippen LogP contribution in [0.3, 0.4) is 0 Å². The van der Waals surface area contributed by atoms with Gasteiger partial charge in [0.1, 0.15) is 5.82 Å². The van der Waals surface area contributed by atoms with Gasteiger partial charge in [-0.1, -0.05) is 51.1 Å². The lowest BCUT2D eigenvalue weighted by molar-refractivity contribution is 0.587. The van der Waals surface area contributed by atoms with E-state index in [1.165, 1.54) is 11.6 Å². The van der Waals surface area contributed by atoms with Crippen LogP contribution in [0.25, 0.3) is 0 Å². The lowest BCUT2D eigenvalue weighted by Gasteiger charge is -2.20. The third-order valence-electron chi connectivity index (χ3n) is 4.12. The minimum Gasteiger partial charge on any atom is -0.378 e. The Balaban J connectivity index is 2.14. The minimum absolute atomic E-state index is 0.000601. The number of nitrogens with one attached hydrogen (secondary N) is 1. The summed E-state index contributed by atoms with van der Waals surface area (Å²) < 4.78 is 13.9. The van der Waals surface area contributed by atoms with Crippen molar-refractivity contribution in [1.82, 2.24) is 0 Å². The van der Waals surface area contributed by atoms with Gasteiger partial charge in [0, 0.05) is 11.3 Å². The Morgan fingerprint density at radius 1 is 0.952 bits per heavy atom. The topological polar surface area (TPSA) is 12.0 Å². The van der Waals surface area contributed by atoms with Crippen molar-refractivity contribution in [2.75, 3.05) is 5.32 Å². The molecule has 0 amide bonds. The fraction of sp³-hybridized carbons (Fsp3) is 0.368. The Kier molecular flexibility index (Phi) is 5.38. The number of halogens is 1. The Bertz CT molecular complexity index is 562. The molecule has 1 N–H and O–H groups in total. The summed E-state index contributed by atoms with van der Waals surface area (Å²) in [6.07, 6.45) is 1.98. The second-order valence-electron chi connectivity index (χ2n) is 5.56. The van der Waals surface area contributed by atoms with Crippen LogP contribution in [-0.2, 0) is 0 Å². The van der Waals surface area contributed by atoms with E-state index in [1.54, 1.807) is 6.07 Å². The van der Waals surface area contributed by atoms with E-state index in [0.29, 0.717) is 5.92 Å². The van der Waals surface area contributed by atoms with Crippen LogP contribution in [0.2, 0.25) is 0 Å². The van der Waals surface area contributed by atoms with E-state index in [0.717, 1.165) is 24.1 Å². The molecular formula is C19H24FN. The van der Waals surface area contributed by atoms with Gasteiger partial charge in [-0.3, -0.25) is 0 Å². The molecule has 2 rings (SSSR count). The maximum absolute atomic E-state index is 13.9. The lowest BCUT2D eigenvalue weighted by atomic mass is 9.98. The van der Waals surface area contributed by atoms with Gasteiger partial charge in [0.05, 0.1) is 6.04 Å². The fourth-order valence-electron chi connectivity index (χ4n) is 2.50. The highest BCUT2D eigenvalue weighted by Gasteiger charge is 2.13. The Morgan fingerprint density at radius 2 is 1.62 bits per heavy atom. The minimum atomic E-state index is -0.145. The second-order valence-corrected chi connectivity index (χ2v) is 5.56. The van der Waals surface area contributed by atoms with Gasteiger partial charge in [-0.05, 0) is 42.5 Å². The Labute approximate surface area is 127 Å². The molecule has 0 heterocycles. The largest absolute Gasteiger partial charge is 0.378 e. The molecular weight excluding hydrogens is 261 g/mol. The average molecular weight is 285 g/mol. The molecule has 0 aliphatic rings. The average Bonchev–Trinajstić information content (AvgIpc) is 2.53. The summed E-state index contributed by atoms with van der Waals surface area (Å²) in [4.78, 5) is 0. The van der Waals surface area contributed by atoms with Crippen LogP contribution >= 0.6 is 0 Å². The number of rotatable bonds is 6. The van der Waals surface area contributed by atoms with Crippen molar-refractivity contribution in [2.45, 2.75) is 45.6 Å². The van der Waals surface area contributed by atoms with Crippen LogP contribution in [0.4, 0.5) is 10.1 Å². The van der Waals surface area contributed by atoms with Crippen LogP contribution in [0.15, 0.2) is 48.5 Å². The smallest absolute Gasteiger partial charge is 0.128 e. The van der Waals surface area contributed by atoms with Gasteiger partial charge in [-0.15, -0.1) is 0 Å². The van der Waals surface area contributed by atoms with Crippen LogP contribution in [-0.4, -0.2) is 0 Å². The van der Waals surface area contributed by atoms with Crippen molar-refractivity contribution in [3.63, 3.8) is 0 Å². The molecule has 0 saturated carbocycles. The zero-order chi connectivity index (χ0) is 15.2. The first kappa shape index (κ1) is 15.6. The normalized spacial score (nSPS) is 13.7. The zero-order valence-electron chi connectivity index (χ0n) is 13.1. The summed E-state index contributed by atoms with van der Waals surface area (Å²) in [6.45, 7) is 6.50. The van der Waals surface area contributed by atoms with Gasteiger partial charge in [0.2, 0.25) is 0 Å². The molecule has 21 heavy (non-hydrogen) atoms. The van der Waals surface area contributed by atoms with E-state index in [4.69, 9.17) is 0 Å². The standard InChI is InChI=1S/C19H24FN/c1-4-14(3)15-10-12-16(13-11-15)21-19(5-2)17-8-6-7-9-18(17)20/h6-14,19,21H,4-5H2,1-3H3. The molecule has 0 saturated heterocycles. The lowest BCUT2D eigenvalue weighted by Crippen LogP contribution is -2.11. The van der Waals surface area contributed by atoms with E-state index in [2.05, 4.69) is 50.4 Å². The second kappa shape index (κ2) is 7.26. The van der Waals surface area contributed by atoms with E-state index in [1.807, 2.05) is 12.1 Å². The van der Waals surface area contributed by atoms with Crippen molar-refractivity contribution >= 4 is 5.69 Å². The number of hydrogen-bond acceptors (Lipinski definition) is 1. The van der Waals surface area contributed by atoms with Crippen LogP contribution in [0.5, 0.6) is 0 Å². The predicted molar refractivity (Wildman–Crippen MR) is 88.2 cm³/mol. The summed E-state index contributed by atoms with van der Waals surface area (Å²) in [6, 6.07) is 15.5. The van der Waals surface area contributed by atoms with Crippen molar-refractivity contribution in [3.8, 4) is 0 Å². The van der Waals surface area contributed by atoms with Crippen LogP contribution in [0.1, 0.15) is 56.7 Å². The highest BCUT2D eigenvalue weighted by atomic mass is 19.1. The number of anilines is 1. The maximum Gasteiger partial charge on any atom is 0.128 e. The first-order valence-corrected chi connectivity index (χ1v) is 7.76. The van der Waals surface area contributed by atoms with E-state index in [9.17, 15) is 4.39 Å². The van der Waals surface area contributed by atoms with Gasteiger partial charge >= 0.3 is 0 Å². The van der Waals surface area contributed by atoms with E-state index >= 15 is 0 Å². The molecule has 0 radical (unpaired) electrons. The van der Waals surface area contributed by atoms with Crippen molar-refractivity contribution in [1.29, 1.82) is 0 Å². The summed E-state index contributed by atoms with van der Waals surface area (Å²) in [5.74, 6) is 0.431. The van der Waals surface area contributed by atoms with Gasteiger partial charge in [-0.25, -0.2) is 4.39 Å². The summed E-state index contributed by atoms with van der Waals surface area (Å²) in [5.41, 5.74) is 3.12. The molecule has 2 atom stereocenters. The maximum atomic E-state index is 13.9. The molecule has 0 spiro atoms. The molecule has 0 aliphatic carbocycles. The molecule has 112 valence electrons. The third-order valence-corrected chi connectivity index (χ3v) is 4.12. The highest BCUT2D eigenvalue weighted by molar-refractivity contribution is 5.47. The first-order valence-electron chi connectivity index (χ1n) is 7.76. The van der Waals surface area contributed by atoms with E-state index < -0.39 is 0 Å².